The number of hydrogen-bond donors (Lipinski definition) is 1. The lowest BCUT2D eigenvalue weighted by atomic mass is 10.2. The van der Waals surface area contributed by atoms with Crippen molar-refractivity contribution in [1.82, 2.24) is 4.90 Å². The maximum atomic E-state index is 11.9. The fraction of sp³-hybridized carbons (Fsp3) is 0.182. The first-order valence-electron chi connectivity index (χ1n) is 4.85. The van der Waals surface area contributed by atoms with Crippen LogP contribution in [0.1, 0.15) is 10.4 Å². The molecule has 17 heavy (non-hydrogen) atoms. The molecule has 0 heterocycles. The van der Waals surface area contributed by atoms with Crippen LogP contribution in [0, 0.1) is 0 Å². The summed E-state index contributed by atoms with van der Waals surface area (Å²) in [5.74, 6) is -0.282. The number of hydrogen-bond acceptors (Lipinski definition) is 3. The molecule has 1 amide bonds. The standard InChI is InChI=1S/C11H14N2O3S/c1-3-7-13(2)11(14)9-5-4-6-10(8-9)17(12,15)16/h3-6,8H,1,7H2,2H3,(H2,12,15,16). The van der Waals surface area contributed by atoms with Crippen molar-refractivity contribution in [2.45, 2.75) is 4.90 Å². The van der Waals surface area contributed by atoms with Crippen molar-refractivity contribution in [2.75, 3.05) is 13.6 Å². The van der Waals surface area contributed by atoms with E-state index in [4.69, 9.17) is 5.14 Å². The zero-order chi connectivity index (χ0) is 13.1. The molecule has 0 saturated carbocycles. The molecule has 1 rings (SSSR count). The molecule has 0 aliphatic heterocycles. The van der Waals surface area contributed by atoms with E-state index in [0.717, 1.165) is 0 Å². The normalized spacial score (nSPS) is 10.9. The lowest BCUT2D eigenvalue weighted by Crippen LogP contribution is -2.27. The van der Waals surface area contributed by atoms with Crippen LogP contribution in [-0.2, 0) is 10.0 Å². The maximum Gasteiger partial charge on any atom is 0.253 e. The number of sulfonamides is 1. The van der Waals surface area contributed by atoms with Crippen LogP contribution in [0.2, 0.25) is 0 Å². The lowest BCUT2D eigenvalue weighted by molar-refractivity contribution is 0.0810. The first-order valence-corrected chi connectivity index (χ1v) is 6.40. The van der Waals surface area contributed by atoms with Gasteiger partial charge in [0.2, 0.25) is 10.0 Å². The molecule has 6 heteroatoms. The third-order valence-electron chi connectivity index (χ3n) is 2.16. The minimum Gasteiger partial charge on any atom is -0.338 e. The predicted octanol–water partition coefficient (Wildman–Crippen LogP) is 0.592. The third-order valence-corrected chi connectivity index (χ3v) is 3.07. The van der Waals surface area contributed by atoms with Crippen molar-refractivity contribution in [3.8, 4) is 0 Å². The first kappa shape index (κ1) is 13.4. The van der Waals surface area contributed by atoms with Crippen LogP contribution in [-0.4, -0.2) is 32.8 Å². The molecular formula is C11H14N2O3S. The second-order valence-electron chi connectivity index (χ2n) is 3.55. The minimum atomic E-state index is -3.79. The summed E-state index contributed by atoms with van der Waals surface area (Å²) in [4.78, 5) is 13.2. The summed E-state index contributed by atoms with van der Waals surface area (Å²) < 4.78 is 22.3. The molecule has 0 aliphatic rings. The zero-order valence-electron chi connectivity index (χ0n) is 9.46. The maximum absolute atomic E-state index is 11.9. The lowest BCUT2D eigenvalue weighted by Gasteiger charge is -2.15. The van der Waals surface area contributed by atoms with Crippen LogP contribution < -0.4 is 5.14 Å². The van der Waals surface area contributed by atoms with Crippen LogP contribution >= 0.6 is 0 Å². The molecular weight excluding hydrogens is 240 g/mol. The first-order chi connectivity index (χ1) is 7.86. The number of nitrogens with zero attached hydrogens (tertiary/aromatic N) is 1. The van der Waals surface area contributed by atoms with Gasteiger partial charge in [-0.05, 0) is 18.2 Å². The predicted molar refractivity (Wildman–Crippen MR) is 65.0 cm³/mol. The van der Waals surface area contributed by atoms with E-state index in [1.807, 2.05) is 0 Å². The Morgan fingerprint density at radius 3 is 2.71 bits per heavy atom. The van der Waals surface area contributed by atoms with Crippen molar-refractivity contribution in [3.05, 3.63) is 42.5 Å². The molecule has 5 nitrogen and oxygen atoms in total. The highest BCUT2D eigenvalue weighted by Crippen LogP contribution is 2.11. The fourth-order valence-corrected chi connectivity index (χ4v) is 1.86. The summed E-state index contributed by atoms with van der Waals surface area (Å²) in [6.45, 7) is 3.91. The molecule has 1 aromatic rings. The number of nitrogens with two attached hydrogens (primary N) is 1. The van der Waals surface area contributed by atoms with Gasteiger partial charge in [0.05, 0.1) is 4.90 Å². The van der Waals surface area contributed by atoms with Gasteiger partial charge in [-0.3, -0.25) is 4.79 Å². The smallest absolute Gasteiger partial charge is 0.253 e. The van der Waals surface area contributed by atoms with Crippen LogP contribution in [0.3, 0.4) is 0 Å². The van der Waals surface area contributed by atoms with Gasteiger partial charge in [-0.25, -0.2) is 13.6 Å². The molecule has 0 spiro atoms. The van der Waals surface area contributed by atoms with Gasteiger partial charge in [-0.1, -0.05) is 12.1 Å². The van der Waals surface area contributed by atoms with E-state index in [1.165, 1.54) is 29.2 Å². The third kappa shape index (κ3) is 3.40. The second-order valence-corrected chi connectivity index (χ2v) is 5.11. The second kappa shape index (κ2) is 5.11. The molecule has 2 N–H and O–H groups in total. The van der Waals surface area contributed by atoms with Gasteiger partial charge in [0.1, 0.15) is 0 Å². The number of primary sulfonamides is 1. The highest BCUT2D eigenvalue weighted by atomic mass is 32.2. The number of likely N-dealkylation sites (N-methyl/N-ethyl adjacent to an activating group) is 1. The summed E-state index contributed by atoms with van der Waals surface area (Å²) in [5.41, 5.74) is 0.279. The van der Waals surface area contributed by atoms with Crippen LogP contribution in [0.5, 0.6) is 0 Å². The van der Waals surface area contributed by atoms with Crippen molar-refractivity contribution in [3.63, 3.8) is 0 Å². The highest BCUT2D eigenvalue weighted by Gasteiger charge is 2.14. The van der Waals surface area contributed by atoms with Crippen molar-refractivity contribution < 1.29 is 13.2 Å². The molecule has 1 aromatic carbocycles. The number of rotatable bonds is 4. The molecule has 0 fully saturated rings. The van der Waals surface area contributed by atoms with E-state index in [1.54, 1.807) is 13.1 Å². The number of carbonyl (C=O) groups excluding carboxylic acids is 1. The summed E-state index contributed by atoms with van der Waals surface area (Å²) in [6, 6.07) is 5.63. The molecule has 0 atom stereocenters. The number of carbonyl (C=O) groups is 1. The topological polar surface area (TPSA) is 80.5 Å². The zero-order valence-corrected chi connectivity index (χ0v) is 10.3. The van der Waals surface area contributed by atoms with Gasteiger partial charge in [-0.15, -0.1) is 6.58 Å². The van der Waals surface area contributed by atoms with Gasteiger partial charge >= 0.3 is 0 Å². The Kier molecular flexibility index (Phi) is 4.03. The molecule has 0 bridgehead atoms. The largest absolute Gasteiger partial charge is 0.338 e. The Hall–Kier alpha value is -1.66. The van der Waals surface area contributed by atoms with Gasteiger partial charge in [0.25, 0.3) is 5.91 Å². The quantitative estimate of drug-likeness (QED) is 0.799. The van der Waals surface area contributed by atoms with Gasteiger partial charge in [0.15, 0.2) is 0 Å². The van der Waals surface area contributed by atoms with E-state index in [2.05, 4.69) is 6.58 Å². The van der Waals surface area contributed by atoms with Crippen LogP contribution in [0.25, 0.3) is 0 Å². The summed E-state index contributed by atoms with van der Waals surface area (Å²) >= 11 is 0. The van der Waals surface area contributed by atoms with E-state index in [0.29, 0.717) is 6.54 Å². The molecule has 0 saturated heterocycles. The fourth-order valence-electron chi connectivity index (χ4n) is 1.30. The molecule has 0 aliphatic carbocycles. The Morgan fingerprint density at radius 1 is 1.53 bits per heavy atom. The van der Waals surface area contributed by atoms with Crippen LogP contribution in [0.4, 0.5) is 0 Å². The Bertz CT molecular complexity index is 537. The summed E-state index contributed by atoms with van der Waals surface area (Å²) in [6.07, 6.45) is 1.58. The minimum absolute atomic E-state index is 0.0737. The van der Waals surface area contributed by atoms with E-state index >= 15 is 0 Å². The van der Waals surface area contributed by atoms with Gasteiger partial charge < -0.3 is 4.90 Å². The average Bonchev–Trinajstić information content (AvgIpc) is 2.27. The van der Waals surface area contributed by atoms with E-state index < -0.39 is 10.0 Å². The summed E-state index contributed by atoms with van der Waals surface area (Å²) in [5, 5.41) is 4.99. The molecule has 92 valence electrons. The molecule has 0 unspecified atom stereocenters. The van der Waals surface area contributed by atoms with Gasteiger partial charge in [-0.2, -0.15) is 0 Å². The van der Waals surface area contributed by atoms with E-state index in [-0.39, 0.29) is 16.4 Å². The van der Waals surface area contributed by atoms with Crippen molar-refractivity contribution in [1.29, 1.82) is 0 Å². The Balaban J connectivity index is 3.08. The Morgan fingerprint density at radius 2 is 2.18 bits per heavy atom. The van der Waals surface area contributed by atoms with Gasteiger partial charge in [0, 0.05) is 19.2 Å². The highest BCUT2D eigenvalue weighted by molar-refractivity contribution is 7.89. The monoisotopic (exact) mass is 254 g/mol. The molecule has 0 radical (unpaired) electrons. The number of benzene rings is 1. The van der Waals surface area contributed by atoms with Crippen LogP contribution in [0.15, 0.2) is 41.8 Å². The Labute approximate surface area is 101 Å². The number of amides is 1. The van der Waals surface area contributed by atoms with Crippen molar-refractivity contribution >= 4 is 15.9 Å². The SMILES string of the molecule is C=CCN(C)C(=O)c1cccc(S(N)(=O)=O)c1. The van der Waals surface area contributed by atoms with E-state index in [9.17, 15) is 13.2 Å². The molecule has 0 aromatic heterocycles. The average molecular weight is 254 g/mol. The van der Waals surface area contributed by atoms with Crippen molar-refractivity contribution in [2.24, 2.45) is 5.14 Å². The summed E-state index contributed by atoms with van der Waals surface area (Å²) in [7, 11) is -2.18.